The Morgan fingerprint density at radius 2 is 1.85 bits per heavy atom. The molecule has 3 amide bonds. The fourth-order valence-electron chi connectivity index (χ4n) is 4.78. The van der Waals surface area contributed by atoms with E-state index in [-0.39, 0.29) is 11.9 Å². The van der Waals surface area contributed by atoms with E-state index in [0.29, 0.717) is 37.6 Å². The molecule has 1 saturated carbocycles. The Kier molecular flexibility index (Phi) is 9.46. The standard InChI is InChI=1S/C26H38N6O2/c1-3-28-25(34)30-23(21-12-8-5-9-13-21)29-22(18-20-10-6-4-7-11-20)24(33)31-26(19-27)14-16-32(2)17-15-26/h5,8-9,12-13,20,22H,3-4,6-7,10-11,14-18H2,1-2H3,(H,31,33)(H2,28,29,30,34)/t22-/m0/s1. The van der Waals surface area contributed by atoms with Crippen molar-refractivity contribution in [1.82, 2.24) is 20.9 Å². The number of benzene rings is 1. The first-order valence-corrected chi connectivity index (χ1v) is 12.5. The third-order valence-electron chi connectivity index (χ3n) is 6.90. The first-order valence-electron chi connectivity index (χ1n) is 12.5. The average molecular weight is 467 g/mol. The molecule has 2 fully saturated rings. The zero-order chi connectivity index (χ0) is 24.4. The molecule has 1 aliphatic carbocycles. The summed E-state index contributed by atoms with van der Waals surface area (Å²) in [5.41, 5.74) is -0.131. The van der Waals surface area contributed by atoms with Gasteiger partial charge in [-0.1, -0.05) is 62.4 Å². The monoisotopic (exact) mass is 466 g/mol. The first kappa shape index (κ1) is 25.7. The highest BCUT2D eigenvalue weighted by Gasteiger charge is 2.37. The van der Waals surface area contributed by atoms with Crippen molar-refractivity contribution < 1.29 is 9.59 Å². The van der Waals surface area contributed by atoms with Gasteiger partial charge in [0.25, 0.3) is 0 Å². The van der Waals surface area contributed by atoms with Crippen LogP contribution in [0.2, 0.25) is 0 Å². The van der Waals surface area contributed by atoms with Crippen molar-refractivity contribution in [2.75, 3.05) is 26.7 Å². The number of likely N-dealkylation sites (tertiary alicyclic amines) is 1. The molecule has 3 N–H and O–H groups in total. The number of rotatable bonds is 7. The number of amides is 3. The summed E-state index contributed by atoms with van der Waals surface area (Å²) in [6.45, 7) is 3.86. The topological polar surface area (TPSA) is 110 Å². The number of nitrogens with one attached hydrogen (secondary N) is 3. The smallest absolute Gasteiger partial charge is 0.320 e. The summed E-state index contributed by atoms with van der Waals surface area (Å²) in [4.78, 5) is 33.0. The maximum atomic E-state index is 13.6. The summed E-state index contributed by atoms with van der Waals surface area (Å²) in [5.74, 6) is 0.546. The second-order valence-corrected chi connectivity index (χ2v) is 9.57. The van der Waals surface area contributed by atoms with E-state index < -0.39 is 11.6 Å². The van der Waals surface area contributed by atoms with E-state index in [9.17, 15) is 14.9 Å². The fourth-order valence-corrected chi connectivity index (χ4v) is 4.78. The minimum Gasteiger partial charge on any atom is -0.338 e. The van der Waals surface area contributed by atoms with Gasteiger partial charge in [-0.15, -0.1) is 0 Å². The molecule has 8 heteroatoms. The lowest BCUT2D eigenvalue weighted by molar-refractivity contribution is -0.124. The lowest BCUT2D eigenvalue weighted by atomic mass is 9.84. The van der Waals surface area contributed by atoms with Crippen LogP contribution in [0.5, 0.6) is 0 Å². The Bertz CT molecular complexity index is 880. The highest BCUT2D eigenvalue weighted by Crippen LogP contribution is 2.29. The second kappa shape index (κ2) is 12.5. The van der Waals surface area contributed by atoms with Crippen molar-refractivity contribution in [3.63, 3.8) is 0 Å². The quantitative estimate of drug-likeness (QED) is 0.423. The van der Waals surface area contributed by atoms with Gasteiger partial charge in [-0.2, -0.15) is 5.26 Å². The Morgan fingerprint density at radius 3 is 2.47 bits per heavy atom. The van der Waals surface area contributed by atoms with Crippen LogP contribution >= 0.6 is 0 Å². The molecule has 1 aromatic carbocycles. The molecule has 184 valence electrons. The van der Waals surface area contributed by atoms with Gasteiger partial charge in [-0.05, 0) is 39.2 Å². The van der Waals surface area contributed by atoms with Gasteiger partial charge < -0.3 is 15.5 Å². The highest BCUT2D eigenvalue weighted by molar-refractivity contribution is 6.08. The number of urea groups is 1. The number of piperidine rings is 1. The molecule has 1 aromatic rings. The number of aliphatic imine (C=N–C) groups is 1. The van der Waals surface area contributed by atoms with Crippen molar-refractivity contribution in [2.45, 2.75) is 69.9 Å². The molecule has 3 rings (SSSR count). The van der Waals surface area contributed by atoms with Crippen molar-refractivity contribution in [1.29, 1.82) is 5.26 Å². The largest absolute Gasteiger partial charge is 0.338 e. The van der Waals surface area contributed by atoms with E-state index >= 15 is 0 Å². The Labute approximate surface area is 203 Å². The maximum absolute atomic E-state index is 13.6. The zero-order valence-corrected chi connectivity index (χ0v) is 20.5. The molecular weight excluding hydrogens is 428 g/mol. The van der Waals surface area contributed by atoms with Crippen molar-refractivity contribution in [3.8, 4) is 6.07 Å². The summed E-state index contributed by atoms with van der Waals surface area (Å²) in [6, 6.07) is 10.7. The predicted octanol–water partition coefficient (Wildman–Crippen LogP) is 3.20. The number of carbonyl (C=O) groups is 2. The molecule has 1 aliphatic heterocycles. The SMILES string of the molecule is CCNC(=O)NC(=N[C@@H](CC1CCCCC1)C(=O)NC1(C#N)CCN(C)CC1)c1ccccc1. The van der Waals surface area contributed by atoms with Crippen LogP contribution in [0.15, 0.2) is 35.3 Å². The third kappa shape index (κ3) is 7.29. The number of hydrogen-bond acceptors (Lipinski definition) is 5. The summed E-state index contributed by atoms with van der Waals surface area (Å²) < 4.78 is 0. The third-order valence-corrected chi connectivity index (χ3v) is 6.90. The predicted molar refractivity (Wildman–Crippen MR) is 133 cm³/mol. The Hall–Kier alpha value is -2.92. The normalized spacial score (nSPS) is 20.1. The molecule has 0 radical (unpaired) electrons. The molecule has 2 aliphatic rings. The fraction of sp³-hybridized carbons (Fsp3) is 0.615. The number of hydrogen-bond donors (Lipinski definition) is 3. The van der Waals surface area contributed by atoms with E-state index in [2.05, 4.69) is 26.9 Å². The number of nitrogens with zero attached hydrogens (tertiary/aromatic N) is 3. The molecular formula is C26H38N6O2. The number of nitriles is 1. The summed E-state index contributed by atoms with van der Waals surface area (Å²) in [6.07, 6.45) is 7.52. The zero-order valence-electron chi connectivity index (χ0n) is 20.5. The van der Waals surface area contributed by atoms with Gasteiger partial charge in [-0.3, -0.25) is 15.1 Å². The lowest BCUT2D eigenvalue weighted by Crippen LogP contribution is -2.56. The minimum absolute atomic E-state index is 0.234. The molecule has 1 heterocycles. The van der Waals surface area contributed by atoms with Crippen LogP contribution in [0.4, 0.5) is 4.79 Å². The molecule has 0 aromatic heterocycles. The van der Waals surface area contributed by atoms with Gasteiger partial charge in [0.15, 0.2) is 0 Å². The molecule has 0 spiro atoms. The highest BCUT2D eigenvalue weighted by atomic mass is 16.2. The molecule has 8 nitrogen and oxygen atoms in total. The van der Waals surface area contributed by atoms with Crippen molar-refractivity contribution >= 4 is 17.8 Å². The molecule has 1 atom stereocenters. The van der Waals surface area contributed by atoms with Gasteiger partial charge in [0.2, 0.25) is 5.91 Å². The van der Waals surface area contributed by atoms with Crippen LogP contribution in [0.25, 0.3) is 0 Å². The van der Waals surface area contributed by atoms with Crippen LogP contribution in [-0.2, 0) is 4.79 Å². The van der Waals surface area contributed by atoms with E-state index in [4.69, 9.17) is 4.99 Å². The molecule has 0 bridgehead atoms. The molecule has 34 heavy (non-hydrogen) atoms. The van der Waals surface area contributed by atoms with Gasteiger partial charge >= 0.3 is 6.03 Å². The number of carbonyl (C=O) groups excluding carboxylic acids is 2. The molecule has 0 unspecified atom stereocenters. The van der Waals surface area contributed by atoms with Gasteiger partial charge in [0, 0.05) is 25.2 Å². The Balaban J connectivity index is 1.88. The Morgan fingerprint density at radius 1 is 1.18 bits per heavy atom. The molecule has 1 saturated heterocycles. The number of amidine groups is 1. The summed E-state index contributed by atoms with van der Waals surface area (Å²) in [5, 5.41) is 18.6. The van der Waals surface area contributed by atoms with Crippen LogP contribution in [0, 0.1) is 17.2 Å². The maximum Gasteiger partial charge on any atom is 0.320 e. The van der Waals surface area contributed by atoms with E-state index in [1.807, 2.05) is 44.3 Å². The lowest BCUT2D eigenvalue weighted by Gasteiger charge is -2.37. The van der Waals surface area contributed by atoms with Crippen LogP contribution < -0.4 is 16.0 Å². The minimum atomic E-state index is -0.871. The van der Waals surface area contributed by atoms with Crippen LogP contribution in [0.1, 0.15) is 63.9 Å². The summed E-state index contributed by atoms with van der Waals surface area (Å²) in [7, 11) is 2.03. The van der Waals surface area contributed by atoms with Crippen molar-refractivity contribution in [3.05, 3.63) is 35.9 Å². The first-order chi connectivity index (χ1) is 16.4. The van der Waals surface area contributed by atoms with E-state index in [1.165, 1.54) is 19.3 Å². The summed E-state index contributed by atoms with van der Waals surface area (Å²) >= 11 is 0. The van der Waals surface area contributed by atoms with Gasteiger partial charge in [-0.25, -0.2) is 4.79 Å². The van der Waals surface area contributed by atoms with Crippen LogP contribution in [-0.4, -0.2) is 60.9 Å². The van der Waals surface area contributed by atoms with Gasteiger partial charge in [0.05, 0.1) is 6.07 Å². The van der Waals surface area contributed by atoms with E-state index in [0.717, 1.165) is 31.5 Å². The van der Waals surface area contributed by atoms with Crippen molar-refractivity contribution in [2.24, 2.45) is 10.9 Å². The van der Waals surface area contributed by atoms with E-state index in [1.54, 1.807) is 0 Å². The average Bonchev–Trinajstić information content (AvgIpc) is 2.86. The second-order valence-electron chi connectivity index (χ2n) is 9.57. The van der Waals surface area contributed by atoms with Crippen LogP contribution in [0.3, 0.4) is 0 Å². The van der Waals surface area contributed by atoms with Gasteiger partial charge in [0.1, 0.15) is 17.4 Å².